The normalized spacial score (nSPS) is 12.2. The second kappa shape index (κ2) is 13.5. The summed E-state index contributed by atoms with van der Waals surface area (Å²) in [6, 6.07) is 9.82. The van der Waals surface area contributed by atoms with E-state index in [2.05, 4.69) is 24.4 Å². The van der Waals surface area contributed by atoms with E-state index in [0.717, 1.165) is 18.6 Å². The zero-order valence-corrected chi connectivity index (χ0v) is 15.9. The fourth-order valence-electron chi connectivity index (χ4n) is 2.42. The lowest BCUT2D eigenvalue weighted by Crippen LogP contribution is -2.36. The number of hydrogen-bond donors (Lipinski definition) is 2. The van der Waals surface area contributed by atoms with Crippen LogP contribution in [0.5, 0.6) is 0 Å². The van der Waals surface area contributed by atoms with Gasteiger partial charge in [-0.2, -0.15) is 0 Å². The van der Waals surface area contributed by atoms with Gasteiger partial charge in [0.15, 0.2) is 0 Å². The molecule has 0 aromatic heterocycles. The number of nitrogens with one attached hydrogen (secondary N) is 1. The Morgan fingerprint density at radius 2 is 1.88 bits per heavy atom. The van der Waals surface area contributed by atoms with Gasteiger partial charge in [-0.25, -0.2) is 0 Å². The van der Waals surface area contributed by atoms with Crippen molar-refractivity contribution in [2.24, 2.45) is 5.73 Å². The monoisotopic (exact) mass is 362 g/mol. The Bertz CT molecular complexity index is 532. The molecule has 0 fully saturated rings. The third kappa shape index (κ3) is 11.4. The Morgan fingerprint density at radius 3 is 2.56 bits per heavy atom. The van der Waals surface area contributed by atoms with Crippen LogP contribution in [-0.2, 0) is 15.3 Å². The molecule has 1 rings (SSSR count). The Balaban J connectivity index is 2.35. The van der Waals surface area contributed by atoms with Gasteiger partial charge in [0.2, 0.25) is 11.8 Å². The molecule has 0 aliphatic carbocycles. The van der Waals surface area contributed by atoms with Crippen LogP contribution in [0.3, 0.4) is 0 Å². The highest BCUT2D eigenvalue weighted by molar-refractivity contribution is 8.01. The lowest BCUT2D eigenvalue weighted by atomic mass is 10.1. The Hall–Kier alpha value is -1.75. The molecule has 1 aromatic rings. The summed E-state index contributed by atoms with van der Waals surface area (Å²) < 4.78 is 0. The molecule has 0 spiro atoms. The molecule has 0 bridgehead atoms. The van der Waals surface area contributed by atoms with Crippen LogP contribution in [-0.4, -0.2) is 17.9 Å². The molecular formula is C20H30N2O2S. The highest BCUT2D eigenvalue weighted by Crippen LogP contribution is 2.13. The zero-order valence-electron chi connectivity index (χ0n) is 15.1. The molecule has 5 heteroatoms. The second-order valence-electron chi connectivity index (χ2n) is 6.13. The average molecular weight is 363 g/mol. The summed E-state index contributed by atoms with van der Waals surface area (Å²) in [6.45, 7) is 2.17. The number of primary amides is 1. The third-order valence-corrected chi connectivity index (χ3v) is 4.62. The molecule has 0 unspecified atom stereocenters. The van der Waals surface area contributed by atoms with Gasteiger partial charge in [0, 0.05) is 12.2 Å². The first kappa shape index (κ1) is 21.3. The second-order valence-corrected chi connectivity index (χ2v) is 7.03. The maximum Gasteiger partial charge on any atom is 0.220 e. The molecule has 1 aromatic carbocycles. The molecule has 0 aliphatic heterocycles. The maximum atomic E-state index is 12.0. The number of carbonyl (C=O) groups excluding carboxylic acids is 2. The number of amides is 2. The highest BCUT2D eigenvalue weighted by atomic mass is 32.2. The minimum absolute atomic E-state index is 0.0135. The predicted molar refractivity (Wildman–Crippen MR) is 106 cm³/mol. The molecular weight excluding hydrogens is 332 g/mol. The van der Waals surface area contributed by atoms with Gasteiger partial charge < -0.3 is 11.1 Å². The number of carbonyl (C=O) groups is 2. The maximum absolute atomic E-state index is 12.0. The van der Waals surface area contributed by atoms with Crippen LogP contribution >= 0.6 is 11.8 Å². The Kier molecular flexibility index (Phi) is 11.5. The minimum Gasteiger partial charge on any atom is -0.370 e. The van der Waals surface area contributed by atoms with E-state index in [1.165, 1.54) is 24.8 Å². The smallest absolute Gasteiger partial charge is 0.220 e. The van der Waals surface area contributed by atoms with Crippen LogP contribution < -0.4 is 11.1 Å². The molecule has 0 radical (unpaired) electrons. The van der Waals surface area contributed by atoms with E-state index in [1.54, 1.807) is 11.8 Å². The van der Waals surface area contributed by atoms with Crippen molar-refractivity contribution in [2.45, 2.75) is 63.7 Å². The van der Waals surface area contributed by atoms with Gasteiger partial charge in [0.1, 0.15) is 0 Å². The first-order valence-electron chi connectivity index (χ1n) is 9.01. The van der Waals surface area contributed by atoms with Gasteiger partial charge in [-0.1, -0.05) is 69.0 Å². The van der Waals surface area contributed by atoms with Crippen LogP contribution in [0.1, 0.15) is 57.4 Å². The Labute approximate surface area is 155 Å². The van der Waals surface area contributed by atoms with Crippen LogP contribution in [0, 0.1) is 0 Å². The summed E-state index contributed by atoms with van der Waals surface area (Å²) in [4.78, 5) is 23.2. The fraction of sp³-hybridized carbons (Fsp3) is 0.500. The van der Waals surface area contributed by atoms with Crippen LogP contribution in [0.25, 0.3) is 0 Å². The van der Waals surface area contributed by atoms with Crippen LogP contribution in [0.2, 0.25) is 0 Å². The summed E-state index contributed by atoms with van der Waals surface area (Å²) in [5.74, 6) is 0.429. The number of hydrogen-bond acceptors (Lipinski definition) is 3. The summed E-state index contributed by atoms with van der Waals surface area (Å²) in [5.41, 5.74) is 6.52. The summed E-state index contributed by atoms with van der Waals surface area (Å²) in [7, 11) is 0. The van der Waals surface area contributed by atoms with Gasteiger partial charge in [0.25, 0.3) is 0 Å². The number of benzene rings is 1. The van der Waals surface area contributed by atoms with E-state index in [-0.39, 0.29) is 18.4 Å². The zero-order chi connectivity index (χ0) is 18.3. The van der Waals surface area contributed by atoms with Crippen molar-refractivity contribution < 1.29 is 9.59 Å². The van der Waals surface area contributed by atoms with Crippen molar-refractivity contribution in [3.05, 3.63) is 47.4 Å². The lowest BCUT2D eigenvalue weighted by molar-refractivity contribution is -0.122. The fourth-order valence-corrected chi connectivity index (χ4v) is 3.20. The molecule has 4 nitrogen and oxygen atoms in total. The van der Waals surface area contributed by atoms with Crippen molar-refractivity contribution >= 4 is 23.6 Å². The SMILES string of the molecule is CCCCCCCC(=O)N[C@@H](/C=C/SCc1ccccc1)CC(N)=O. The average Bonchev–Trinajstić information content (AvgIpc) is 2.59. The van der Waals surface area contributed by atoms with E-state index < -0.39 is 5.91 Å². The van der Waals surface area contributed by atoms with Gasteiger partial charge in [-0.3, -0.25) is 9.59 Å². The van der Waals surface area contributed by atoms with Crippen molar-refractivity contribution in [1.29, 1.82) is 0 Å². The minimum atomic E-state index is -0.411. The predicted octanol–water partition coefficient (Wildman–Crippen LogP) is 4.15. The quantitative estimate of drug-likeness (QED) is 0.518. The number of unbranched alkanes of at least 4 members (excludes halogenated alkanes) is 4. The van der Waals surface area contributed by atoms with Crippen molar-refractivity contribution in [3.8, 4) is 0 Å². The molecule has 3 N–H and O–H groups in total. The summed E-state index contributed by atoms with van der Waals surface area (Å²) in [6.07, 6.45) is 8.03. The largest absolute Gasteiger partial charge is 0.370 e. The van der Waals surface area contributed by atoms with Gasteiger partial charge in [-0.15, -0.1) is 11.8 Å². The van der Waals surface area contributed by atoms with E-state index in [0.29, 0.717) is 6.42 Å². The van der Waals surface area contributed by atoms with Crippen LogP contribution in [0.15, 0.2) is 41.8 Å². The molecule has 0 heterocycles. The first-order chi connectivity index (χ1) is 12.1. The van der Waals surface area contributed by atoms with E-state index in [1.807, 2.05) is 29.7 Å². The van der Waals surface area contributed by atoms with Crippen molar-refractivity contribution in [2.75, 3.05) is 0 Å². The van der Waals surface area contributed by atoms with Crippen LogP contribution in [0.4, 0.5) is 0 Å². The standard InChI is InChI=1S/C20H30N2O2S/c1-2-3-4-5-9-12-20(24)22-18(15-19(21)23)13-14-25-16-17-10-7-6-8-11-17/h6-8,10-11,13-14,18H,2-5,9,12,15-16H2,1H3,(H2,21,23)(H,22,24)/b14-13+/t18-/m0/s1. The van der Waals surface area contributed by atoms with E-state index in [9.17, 15) is 9.59 Å². The van der Waals surface area contributed by atoms with Gasteiger partial charge >= 0.3 is 0 Å². The van der Waals surface area contributed by atoms with Crippen molar-refractivity contribution in [3.63, 3.8) is 0 Å². The molecule has 0 saturated carbocycles. The molecule has 0 saturated heterocycles. The lowest BCUT2D eigenvalue weighted by Gasteiger charge is -2.13. The van der Waals surface area contributed by atoms with Crippen molar-refractivity contribution in [1.82, 2.24) is 5.32 Å². The molecule has 25 heavy (non-hydrogen) atoms. The number of nitrogens with two attached hydrogens (primary N) is 1. The topological polar surface area (TPSA) is 72.2 Å². The summed E-state index contributed by atoms with van der Waals surface area (Å²) in [5, 5.41) is 4.83. The Morgan fingerprint density at radius 1 is 1.16 bits per heavy atom. The van der Waals surface area contributed by atoms with E-state index in [4.69, 9.17) is 5.73 Å². The first-order valence-corrected chi connectivity index (χ1v) is 10.1. The van der Waals surface area contributed by atoms with Gasteiger partial charge in [-0.05, 0) is 17.4 Å². The number of thioether (sulfide) groups is 1. The molecule has 1 atom stereocenters. The number of rotatable bonds is 13. The molecule has 138 valence electrons. The van der Waals surface area contributed by atoms with Gasteiger partial charge in [0.05, 0.1) is 12.5 Å². The summed E-state index contributed by atoms with van der Waals surface area (Å²) >= 11 is 1.63. The third-order valence-electron chi connectivity index (χ3n) is 3.77. The van der Waals surface area contributed by atoms with E-state index >= 15 is 0 Å². The highest BCUT2D eigenvalue weighted by Gasteiger charge is 2.11. The molecule has 0 aliphatic rings. The molecule has 2 amide bonds.